The largest absolute Gasteiger partial charge is 0.368 e. The van der Waals surface area contributed by atoms with Crippen LogP contribution >= 0.6 is 0 Å². The first-order chi connectivity index (χ1) is 12.5. The highest BCUT2D eigenvalue weighted by atomic mass is 16.2. The standard InChI is InChI=1S/C22H29N3O/c1-5-8-16-19-20(17-14-10-9-11-15-17)24-25(22(19,4)21(23)26)18(12-6-2)13-7-3/h6-7,9-15,19H,2,5,8,16H2,1,3-4H3,(H2,23,26)/b13-7-,18-12+. The Morgan fingerprint density at radius 2 is 2.08 bits per heavy atom. The number of carbonyl (C=O) groups excluding carboxylic acids is 1. The molecule has 26 heavy (non-hydrogen) atoms. The van der Waals surface area contributed by atoms with Crippen LogP contribution < -0.4 is 5.73 Å². The van der Waals surface area contributed by atoms with E-state index < -0.39 is 5.54 Å². The average molecular weight is 351 g/mol. The summed E-state index contributed by atoms with van der Waals surface area (Å²) in [6.07, 6.45) is 10.3. The van der Waals surface area contributed by atoms with Gasteiger partial charge in [-0.1, -0.05) is 68.8 Å². The van der Waals surface area contributed by atoms with Gasteiger partial charge in [-0.2, -0.15) is 5.10 Å². The van der Waals surface area contributed by atoms with Crippen molar-refractivity contribution in [3.8, 4) is 0 Å². The van der Waals surface area contributed by atoms with Crippen molar-refractivity contribution in [1.82, 2.24) is 5.01 Å². The molecule has 0 saturated carbocycles. The number of allylic oxidation sites excluding steroid dienone is 4. The van der Waals surface area contributed by atoms with Crippen molar-refractivity contribution in [3.63, 3.8) is 0 Å². The van der Waals surface area contributed by atoms with Gasteiger partial charge in [-0.25, -0.2) is 5.01 Å². The molecule has 1 amide bonds. The molecule has 0 aliphatic carbocycles. The molecule has 0 saturated heterocycles. The van der Waals surface area contributed by atoms with E-state index in [-0.39, 0.29) is 11.8 Å². The smallest absolute Gasteiger partial charge is 0.245 e. The molecule has 1 aliphatic rings. The van der Waals surface area contributed by atoms with Crippen LogP contribution in [0.3, 0.4) is 0 Å². The van der Waals surface area contributed by atoms with Gasteiger partial charge in [0.15, 0.2) is 0 Å². The maximum absolute atomic E-state index is 12.6. The number of hydrazone groups is 1. The maximum atomic E-state index is 12.6. The molecule has 0 aromatic heterocycles. The Hall–Kier alpha value is -2.62. The summed E-state index contributed by atoms with van der Waals surface area (Å²) in [7, 11) is 0. The normalized spacial score (nSPS) is 23.3. The fraction of sp³-hybridized carbons (Fsp3) is 0.364. The second-order valence-corrected chi connectivity index (χ2v) is 6.70. The molecule has 1 aromatic rings. The molecule has 1 heterocycles. The molecule has 1 aromatic carbocycles. The Bertz CT molecular complexity index is 733. The predicted molar refractivity (Wildman–Crippen MR) is 109 cm³/mol. The molecular formula is C22H29N3O. The Balaban J connectivity index is 2.64. The zero-order chi connectivity index (χ0) is 19.2. The van der Waals surface area contributed by atoms with E-state index in [0.29, 0.717) is 0 Å². The number of nitrogens with zero attached hydrogens (tertiary/aromatic N) is 2. The van der Waals surface area contributed by atoms with E-state index in [4.69, 9.17) is 10.8 Å². The van der Waals surface area contributed by atoms with Crippen LogP contribution in [0.15, 0.2) is 72.0 Å². The molecular weight excluding hydrogens is 322 g/mol. The topological polar surface area (TPSA) is 58.7 Å². The monoisotopic (exact) mass is 351 g/mol. The SMILES string of the molecule is C=C/C=C(\C=C/C)N1N=C(c2ccccc2)C(CCCC)C1(C)C(N)=O. The first-order valence-electron chi connectivity index (χ1n) is 9.20. The second-order valence-electron chi connectivity index (χ2n) is 6.70. The molecule has 0 radical (unpaired) electrons. The third-order valence-electron chi connectivity index (χ3n) is 4.94. The number of hydrogen-bond acceptors (Lipinski definition) is 3. The summed E-state index contributed by atoms with van der Waals surface area (Å²) < 4.78 is 0. The average Bonchev–Trinajstić information content (AvgIpc) is 2.94. The molecule has 2 unspecified atom stereocenters. The van der Waals surface area contributed by atoms with E-state index in [2.05, 4.69) is 13.5 Å². The van der Waals surface area contributed by atoms with Gasteiger partial charge in [-0.3, -0.25) is 4.79 Å². The predicted octanol–water partition coefficient (Wildman–Crippen LogP) is 4.40. The van der Waals surface area contributed by atoms with Gasteiger partial charge in [0.1, 0.15) is 5.54 Å². The van der Waals surface area contributed by atoms with Crippen molar-refractivity contribution in [3.05, 3.63) is 72.5 Å². The Morgan fingerprint density at radius 3 is 2.62 bits per heavy atom. The fourth-order valence-corrected chi connectivity index (χ4v) is 3.48. The van der Waals surface area contributed by atoms with Crippen molar-refractivity contribution in [1.29, 1.82) is 0 Å². The lowest BCUT2D eigenvalue weighted by Crippen LogP contribution is -2.55. The van der Waals surface area contributed by atoms with Crippen LogP contribution in [0.4, 0.5) is 0 Å². The number of primary amides is 1. The summed E-state index contributed by atoms with van der Waals surface area (Å²) >= 11 is 0. The van der Waals surface area contributed by atoms with Gasteiger partial charge in [0.25, 0.3) is 0 Å². The molecule has 2 N–H and O–H groups in total. The van der Waals surface area contributed by atoms with E-state index in [9.17, 15) is 4.79 Å². The summed E-state index contributed by atoms with van der Waals surface area (Å²) in [6.45, 7) is 9.77. The number of unbranched alkanes of at least 4 members (excludes halogenated alkanes) is 1. The first-order valence-corrected chi connectivity index (χ1v) is 9.20. The third kappa shape index (κ3) is 3.64. The maximum Gasteiger partial charge on any atom is 0.245 e. The van der Waals surface area contributed by atoms with Crippen molar-refractivity contribution in [2.45, 2.75) is 45.6 Å². The van der Waals surface area contributed by atoms with Crippen LogP contribution in [0.1, 0.15) is 45.6 Å². The minimum Gasteiger partial charge on any atom is -0.368 e. The highest BCUT2D eigenvalue weighted by Gasteiger charge is 2.52. The van der Waals surface area contributed by atoms with Crippen molar-refractivity contribution >= 4 is 11.6 Å². The van der Waals surface area contributed by atoms with Gasteiger partial charge in [0.05, 0.1) is 11.4 Å². The molecule has 0 spiro atoms. The lowest BCUT2D eigenvalue weighted by Gasteiger charge is -2.36. The third-order valence-corrected chi connectivity index (χ3v) is 4.94. The summed E-state index contributed by atoms with van der Waals surface area (Å²) in [5, 5.41) is 6.66. The summed E-state index contributed by atoms with van der Waals surface area (Å²) in [4.78, 5) is 12.6. The highest BCUT2D eigenvalue weighted by molar-refractivity contribution is 6.08. The van der Waals surface area contributed by atoms with Crippen LogP contribution in [0, 0.1) is 5.92 Å². The fourth-order valence-electron chi connectivity index (χ4n) is 3.48. The summed E-state index contributed by atoms with van der Waals surface area (Å²) in [5.41, 5.74) is 7.75. The minimum absolute atomic E-state index is 0.0687. The number of nitrogens with two attached hydrogens (primary N) is 1. The van der Waals surface area contributed by atoms with Crippen LogP contribution in [-0.2, 0) is 4.79 Å². The molecule has 0 fully saturated rings. The van der Waals surface area contributed by atoms with E-state index in [1.54, 1.807) is 11.1 Å². The molecule has 2 rings (SSSR count). The molecule has 1 aliphatic heterocycles. The van der Waals surface area contributed by atoms with Gasteiger partial charge >= 0.3 is 0 Å². The first kappa shape index (κ1) is 19.7. The number of benzene rings is 1. The Labute approximate surface area is 156 Å². The zero-order valence-corrected chi connectivity index (χ0v) is 16.0. The quantitative estimate of drug-likeness (QED) is 0.706. The molecule has 4 nitrogen and oxygen atoms in total. The number of hydrogen-bond donors (Lipinski definition) is 1. The number of rotatable bonds is 8. The van der Waals surface area contributed by atoms with Crippen LogP contribution in [-0.4, -0.2) is 22.2 Å². The van der Waals surface area contributed by atoms with Gasteiger partial charge in [0.2, 0.25) is 5.91 Å². The van der Waals surface area contributed by atoms with Crippen molar-refractivity contribution in [2.75, 3.05) is 0 Å². The number of carbonyl (C=O) groups is 1. The zero-order valence-electron chi connectivity index (χ0n) is 16.0. The molecule has 2 atom stereocenters. The van der Waals surface area contributed by atoms with E-state index in [1.807, 2.05) is 62.4 Å². The van der Waals surface area contributed by atoms with Crippen molar-refractivity contribution in [2.24, 2.45) is 16.8 Å². The highest BCUT2D eigenvalue weighted by Crippen LogP contribution is 2.41. The molecule has 0 bridgehead atoms. The van der Waals surface area contributed by atoms with Crippen LogP contribution in [0.25, 0.3) is 0 Å². The lowest BCUT2D eigenvalue weighted by atomic mass is 9.77. The Kier molecular flexibility index (Phi) is 6.56. The van der Waals surface area contributed by atoms with Crippen molar-refractivity contribution < 1.29 is 4.79 Å². The minimum atomic E-state index is -0.922. The van der Waals surface area contributed by atoms with Gasteiger partial charge < -0.3 is 5.73 Å². The van der Waals surface area contributed by atoms with Crippen LogP contribution in [0.5, 0.6) is 0 Å². The molecule has 138 valence electrons. The number of amides is 1. The van der Waals surface area contributed by atoms with E-state index in [1.165, 1.54) is 0 Å². The summed E-state index contributed by atoms with van der Waals surface area (Å²) in [6, 6.07) is 10.0. The molecule has 4 heteroatoms. The Morgan fingerprint density at radius 1 is 1.38 bits per heavy atom. The van der Waals surface area contributed by atoms with Crippen LogP contribution in [0.2, 0.25) is 0 Å². The van der Waals surface area contributed by atoms with E-state index >= 15 is 0 Å². The van der Waals surface area contributed by atoms with E-state index in [0.717, 1.165) is 36.2 Å². The van der Waals surface area contributed by atoms with Gasteiger partial charge in [-0.15, -0.1) is 0 Å². The van der Waals surface area contributed by atoms with Gasteiger partial charge in [-0.05, 0) is 38.0 Å². The lowest BCUT2D eigenvalue weighted by molar-refractivity contribution is -0.129. The second kappa shape index (κ2) is 8.65. The summed E-state index contributed by atoms with van der Waals surface area (Å²) in [5.74, 6) is -0.437. The van der Waals surface area contributed by atoms with Gasteiger partial charge in [0, 0.05) is 5.92 Å².